The van der Waals surface area contributed by atoms with Crippen molar-refractivity contribution in [2.45, 2.75) is 70.4 Å². The van der Waals surface area contributed by atoms with Crippen molar-refractivity contribution in [3.05, 3.63) is 42.5 Å². The fourth-order valence-corrected chi connectivity index (χ4v) is 3.72. The molecule has 1 saturated carbocycles. The SMILES string of the molecule is C=CCCNCCCCCOC1CCC(N(C)C(=O)Nc2ccc(C)cc2)CC1. The normalized spacial score (nSPS) is 19.0. The van der Waals surface area contributed by atoms with Crippen LogP contribution in [0.25, 0.3) is 0 Å². The molecular formula is C24H39N3O2. The number of aryl methyl sites for hydroxylation is 1. The minimum atomic E-state index is -0.0279. The molecule has 29 heavy (non-hydrogen) atoms. The van der Waals surface area contributed by atoms with E-state index in [1.807, 2.05) is 49.2 Å². The minimum absolute atomic E-state index is 0.0279. The molecule has 1 aromatic rings. The molecule has 1 aliphatic rings. The molecule has 0 unspecified atom stereocenters. The third-order valence-electron chi connectivity index (χ3n) is 5.69. The van der Waals surface area contributed by atoms with Crippen LogP contribution < -0.4 is 10.6 Å². The van der Waals surface area contributed by atoms with E-state index in [-0.39, 0.29) is 6.03 Å². The molecule has 0 aromatic heterocycles. The summed E-state index contributed by atoms with van der Waals surface area (Å²) >= 11 is 0. The first kappa shape index (κ1) is 23.4. The Morgan fingerprint density at radius 2 is 1.86 bits per heavy atom. The van der Waals surface area contributed by atoms with Gasteiger partial charge in [0.1, 0.15) is 0 Å². The summed E-state index contributed by atoms with van der Waals surface area (Å²) in [6.07, 6.45) is 11.0. The van der Waals surface area contributed by atoms with Crippen LogP contribution in [0.5, 0.6) is 0 Å². The van der Waals surface area contributed by atoms with E-state index in [4.69, 9.17) is 4.74 Å². The molecular weight excluding hydrogens is 362 g/mol. The van der Waals surface area contributed by atoms with Gasteiger partial charge in [-0.2, -0.15) is 0 Å². The van der Waals surface area contributed by atoms with E-state index in [0.29, 0.717) is 12.1 Å². The highest BCUT2D eigenvalue weighted by molar-refractivity contribution is 5.89. The number of carbonyl (C=O) groups excluding carboxylic acids is 1. The van der Waals surface area contributed by atoms with Crippen LogP contribution in [0.1, 0.15) is 56.9 Å². The number of anilines is 1. The minimum Gasteiger partial charge on any atom is -0.378 e. The van der Waals surface area contributed by atoms with Gasteiger partial charge < -0.3 is 20.3 Å². The molecule has 5 nitrogen and oxygen atoms in total. The van der Waals surface area contributed by atoms with Crippen LogP contribution in [0.2, 0.25) is 0 Å². The number of rotatable bonds is 12. The van der Waals surface area contributed by atoms with Crippen molar-refractivity contribution < 1.29 is 9.53 Å². The Bertz CT molecular complexity index is 595. The lowest BCUT2D eigenvalue weighted by Crippen LogP contribution is -2.42. The molecule has 0 spiro atoms. The largest absolute Gasteiger partial charge is 0.378 e. The Labute approximate surface area is 176 Å². The Morgan fingerprint density at radius 1 is 1.14 bits per heavy atom. The Hall–Kier alpha value is -1.85. The molecule has 5 heteroatoms. The van der Waals surface area contributed by atoms with E-state index in [9.17, 15) is 4.79 Å². The van der Waals surface area contributed by atoms with Gasteiger partial charge in [0.2, 0.25) is 0 Å². The second-order valence-corrected chi connectivity index (χ2v) is 8.10. The van der Waals surface area contributed by atoms with Crippen LogP contribution in [0, 0.1) is 6.92 Å². The first-order chi connectivity index (χ1) is 14.1. The lowest BCUT2D eigenvalue weighted by atomic mass is 9.92. The predicted molar refractivity (Wildman–Crippen MR) is 121 cm³/mol. The number of carbonyl (C=O) groups is 1. The zero-order chi connectivity index (χ0) is 20.9. The quantitative estimate of drug-likeness (QED) is 0.377. The van der Waals surface area contributed by atoms with E-state index in [1.165, 1.54) is 18.4 Å². The third-order valence-corrected chi connectivity index (χ3v) is 5.69. The third kappa shape index (κ3) is 9.01. The van der Waals surface area contributed by atoms with Gasteiger partial charge in [-0.3, -0.25) is 0 Å². The second kappa shape index (κ2) is 13.4. The number of hydrogen-bond donors (Lipinski definition) is 2. The number of nitrogens with zero attached hydrogens (tertiary/aromatic N) is 1. The molecule has 0 heterocycles. The summed E-state index contributed by atoms with van der Waals surface area (Å²) in [4.78, 5) is 14.4. The molecule has 0 bridgehead atoms. The summed E-state index contributed by atoms with van der Waals surface area (Å²) in [5.41, 5.74) is 2.04. The van der Waals surface area contributed by atoms with Crippen molar-refractivity contribution in [3.63, 3.8) is 0 Å². The lowest BCUT2D eigenvalue weighted by molar-refractivity contribution is 0.0131. The topological polar surface area (TPSA) is 53.6 Å². The van der Waals surface area contributed by atoms with Crippen LogP contribution in [0.15, 0.2) is 36.9 Å². The molecule has 0 atom stereocenters. The number of benzene rings is 1. The van der Waals surface area contributed by atoms with Gasteiger partial charge in [0, 0.05) is 25.4 Å². The fourth-order valence-electron chi connectivity index (χ4n) is 3.72. The standard InChI is InChI=1S/C24H39N3O2/c1-4-5-17-25-18-7-6-8-19-29-23-15-13-22(14-16-23)27(3)24(28)26-21-11-9-20(2)10-12-21/h4,9-12,22-23,25H,1,5-8,13-19H2,2-3H3,(H,26,28). The molecule has 1 aliphatic carbocycles. The van der Waals surface area contributed by atoms with E-state index in [0.717, 1.165) is 63.9 Å². The monoisotopic (exact) mass is 401 g/mol. The molecule has 0 radical (unpaired) electrons. The molecule has 162 valence electrons. The molecule has 1 fully saturated rings. The molecule has 0 aliphatic heterocycles. The van der Waals surface area contributed by atoms with Gasteiger partial charge in [-0.05, 0) is 83.5 Å². The number of ether oxygens (including phenoxy) is 1. The lowest BCUT2D eigenvalue weighted by Gasteiger charge is -2.34. The van der Waals surface area contributed by atoms with Gasteiger partial charge in [0.15, 0.2) is 0 Å². The van der Waals surface area contributed by atoms with E-state index < -0.39 is 0 Å². The van der Waals surface area contributed by atoms with Crippen molar-refractivity contribution in [3.8, 4) is 0 Å². The summed E-state index contributed by atoms with van der Waals surface area (Å²) in [5.74, 6) is 0. The molecule has 2 rings (SSSR count). The molecule has 2 N–H and O–H groups in total. The van der Waals surface area contributed by atoms with Gasteiger partial charge in [0.25, 0.3) is 0 Å². The maximum absolute atomic E-state index is 12.5. The average molecular weight is 402 g/mol. The summed E-state index contributed by atoms with van der Waals surface area (Å²) in [6.45, 7) is 8.73. The smallest absolute Gasteiger partial charge is 0.321 e. The zero-order valence-corrected chi connectivity index (χ0v) is 18.3. The van der Waals surface area contributed by atoms with Crippen molar-refractivity contribution in [2.24, 2.45) is 0 Å². The molecule has 0 saturated heterocycles. The Balaban J connectivity index is 1.55. The molecule has 2 amide bonds. The summed E-state index contributed by atoms with van der Waals surface area (Å²) in [6, 6.07) is 8.18. The Kier molecular flexibility index (Phi) is 10.8. The van der Waals surface area contributed by atoms with Crippen molar-refractivity contribution in [2.75, 3.05) is 32.1 Å². The number of amides is 2. The number of nitrogens with one attached hydrogen (secondary N) is 2. The van der Waals surface area contributed by atoms with Crippen LogP contribution in [0.3, 0.4) is 0 Å². The zero-order valence-electron chi connectivity index (χ0n) is 18.3. The highest BCUT2D eigenvalue weighted by Gasteiger charge is 2.26. The fraction of sp³-hybridized carbons (Fsp3) is 0.625. The molecule has 1 aromatic carbocycles. The van der Waals surface area contributed by atoms with Crippen LogP contribution in [0.4, 0.5) is 10.5 Å². The number of unbranched alkanes of at least 4 members (excludes halogenated alkanes) is 2. The van der Waals surface area contributed by atoms with Crippen molar-refractivity contribution >= 4 is 11.7 Å². The van der Waals surface area contributed by atoms with Gasteiger partial charge >= 0.3 is 6.03 Å². The first-order valence-corrected chi connectivity index (χ1v) is 11.1. The summed E-state index contributed by atoms with van der Waals surface area (Å²) in [7, 11) is 1.90. The van der Waals surface area contributed by atoms with E-state index in [1.54, 1.807) is 0 Å². The predicted octanol–water partition coefficient (Wildman–Crippen LogP) is 5.12. The van der Waals surface area contributed by atoms with E-state index in [2.05, 4.69) is 17.2 Å². The highest BCUT2D eigenvalue weighted by Crippen LogP contribution is 2.25. The van der Waals surface area contributed by atoms with Crippen molar-refractivity contribution in [1.82, 2.24) is 10.2 Å². The summed E-state index contributed by atoms with van der Waals surface area (Å²) in [5, 5.41) is 6.41. The second-order valence-electron chi connectivity index (χ2n) is 8.10. The maximum Gasteiger partial charge on any atom is 0.321 e. The van der Waals surface area contributed by atoms with Crippen LogP contribution in [-0.4, -0.2) is 49.8 Å². The van der Waals surface area contributed by atoms with Crippen LogP contribution >= 0.6 is 0 Å². The van der Waals surface area contributed by atoms with Crippen LogP contribution in [-0.2, 0) is 4.74 Å². The maximum atomic E-state index is 12.5. The van der Waals surface area contributed by atoms with Gasteiger partial charge in [0.05, 0.1) is 6.10 Å². The summed E-state index contributed by atoms with van der Waals surface area (Å²) < 4.78 is 6.07. The van der Waals surface area contributed by atoms with E-state index >= 15 is 0 Å². The van der Waals surface area contributed by atoms with Crippen molar-refractivity contribution in [1.29, 1.82) is 0 Å². The Morgan fingerprint density at radius 3 is 2.55 bits per heavy atom. The first-order valence-electron chi connectivity index (χ1n) is 11.1. The highest BCUT2D eigenvalue weighted by atomic mass is 16.5. The van der Waals surface area contributed by atoms with Gasteiger partial charge in [-0.25, -0.2) is 4.79 Å². The van der Waals surface area contributed by atoms with Gasteiger partial charge in [-0.15, -0.1) is 6.58 Å². The average Bonchev–Trinajstić information content (AvgIpc) is 2.74. The number of hydrogen-bond acceptors (Lipinski definition) is 3. The number of urea groups is 1. The van der Waals surface area contributed by atoms with Gasteiger partial charge in [-0.1, -0.05) is 23.8 Å².